The Morgan fingerprint density at radius 1 is 1.29 bits per heavy atom. The second kappa shape index (κ2) is 7.30. The molecule has 0 atom stereocenters. The molecule has 0 aromatic heterocycles. The summed E-state index contributed by atoms with van der Waals surface area (Å²) in [5, 5.41) is 9.11. The molecule has 1 rings (SSSR count). The van der Waals surface area contributed by atoms with Crippen molar-refractivity contribution in [3.05, 3.63) is 29.3 Å². The maximum atomic E-state index is 9.11. The fraction of sp³-hybridized carbons (Fsp3) is 0.571. The van der Waals surface area contributed by atoms with E-state index in [0.29, 0.717) is 13.1 Å². The molecule has 0 heterocycles. The monoisotopic (exact) mass is 236 g/mol. The summed E-state index contributed by atoms with van der Waals surface area (Å²) in [4.78, 5) is 2.23. The van der Waals surface area contributed by atoms with Gasteiger partial charge in [-0.25, -0.2) is 0 Å². The van der Waals surface area contributed by atoms with Gasteiger partial charge in [0, 0.05) is 25.3 Å². The smallest absolute Gasteiger partial charge is 0.0606 e. The molecule has 3 heteroatoms. The van der Waals surface area contributed by atoms with Crippen molar-refractivity contribution in [2.24, 2.45) is 5.73 Å². The molecule has 0 aliphatic carbocycles. The Morgan fingerprint density at radius 2 is 2.06 bits per heavy atom. The molecule has 17 heavy (non-hydrogen) atoms. The summed E-state index contributed by atoms with van der Waals surface area (Å²) in [6.45, 7) is 6.74. The van der Waals surface area contributed by atoms with E-state index in [0.717, 1.165) is 13.0 Å². The number of unbranched alkanes of at least 4 members (excludes halogenated alkanes) is 1. The van der Waals surface area contributed by atoms with Crippen LogP contribution in [0.25, 0.3) is 0 Å². The highest BCUT2D eigenvalue weighted by Crippen LogP contribution is 2.19. The van der Waals surface area contributed by atoms with Crippen LogP contribution in [0.1, 0.15) is 30.9 Å². The number of benzene rings is 1. The van der Waals surface area contributed by atoms with E-state index in [1.54, 1.807) is 0 Å². The molecule has 3 N–H and O–H groups in total. The highest BCUT2D eigenvalue weighted by molar-refractivity contribution is 5.50. The third-order valence-corrected chi connectivity index (χ3v) is 3.06. The van der Waals surface area contributed by atoms with Crippen LogP contribution in [0.4, 0.5) is 5.69 Å². The third kappa shape index (κ3) is 4.02. The van der Waals surface area contributed by atoms with E-state index in [1.807, 2.05) is 0 Å². The number of rotatable bonds is 7. The topological polar surface area (TPSA) is 49.5 Å². The summed E-state index contributed by atoms with van der Waals surface area (Å²) in [7, 11) is 0. The second-order valence-electron chi connectivity index (χ2n) is 4.38. The van der Waals surface area contributed by atoms with Crippen molar-refractivity contribution in [2.45, 2.75) is 33.2 Å². The van der Waals surface area contributed by atoms with E-state index in [2.05, 4.69) is 36.9 Å². The second-order valence-corrected chi connectivity index (χ2v) is 4.38. The molecule has 0 saturated carbocycles. The Hall–Kier alpha value is -1.06. The first-order chi connectivity index (χ1) is 8.22. The molecular formula is C14H24N2O. The lowest BCUT2D eigenvalue weighted by Crippen LogP contribution is -2.27. The zero-order chi connectivity index (χ0) is 12.7. The van der Waals surface area contributed by atoms with Crippen molar-refractivity contribution in [1.82, 2.24) is 0 Å². The first-order valence-electron chi connectivity index (χ1n) is 6.38. The van der Waals surface area contributed by atoms with Gasteiger partial charge in [-0.1, -0.05) is 19.4 Å². The fourth-order valence-electron chi connectivity index (χ4n) is 1.95. The quantitative estimate of drug-likeness (QED) is 0.762. The van der Waals surface area contributed by atoms with Crippen LogP contribution in [0.15, 0.2) is 18.2 Å². The normalized spacial score (nSPS) is 10.6. The molecule has 0 aliphatic rings. The van der Waals surface area contributed by atoms with Crippen LogP contribution in [-0.2, 0) is 6.54 Å². The molecular weight excluding hydrogens is 212 g/mol. The largest absolute Gasteiger partial charge is 0.395 e. The average Bonchev–Trinajstić information content (AvgIpc) is 2.34. The lowest BCUT2D eigenvalue weighted by molar-refractivity contribution is 0.301. The Morgan fingerprint density at radius 3 is 2.59 bits per heavy atom. The molecule has 0 unspecified atom stereocenters. The van der Waals surface area contributed by atoms with Gasteiger partial charge in [0.1, 0.15) is 0 Å². The van der Waals surface area contributed by atoms with Crippen LogP contribution in [0.2, 0.25) is 0 Å². The first kappa shape index (κ1) is 14.0. The van der Waals surface area contributed by atoms with Gasteiger partial charge in [-0.3, -0.25) is 0 Å². The van der Waals surface area contributed by atoms with Gasteiger partial charge in [-0.15, -0.1) is 0 Å². The SMILES string of the molecule is CCCCN(CCO)c1ccc(CN)c(C)c1. The minimum Gasteiger partial charge on any atom is -0.395 e. The Bertz CT molecular complexity index is 339. The number of aliphatic hydroxyl groups is 1. The Balaban J connectivity index is 2.82. The summed E-state index contributed by atoms with van der Waals surface area (Å²) in [6, 6.07) is 6.34. The minimum atomic E-state index is 0.196. The van der Waals surface area contributed by atoms with E-state index in [-0.39, 0.29) is 6.61 Å². The van der Waals surface area contributed by atoms with Crippen LogP contribution in [-0.4, -0.2) is 24.8 Å². The Kier molecular flexibility index (Phi) is 6.01. The van der Waals surface area contributed by atoms with Gasteiger partial charge < -0.3 is 15.7 Å². The van der Waals surface area contributed by atoms with Crippen LogP contribution < -0.4 is 10.6 Å². The summed E-state index contributed by atoms with van der Waals surface area (Å²) >= 11 is 0. The molecule has 3 nitrogen and oxygen atoms in total. The summed E-state index contributed by atoms with van der Waals surface area (Å²) in [5.74, 6) is 0. The zero-order valence-corrected chi connectivity index (χ0v) is 10.9. The zero-order valence-electron chi connectivity index (χ0n) is 10.9. The number of nitrogens with zero attached hydrogens (tertiary/aromatic N) is 1. The maximum absolute atomic E-state index is 9.11. The van der Waals surface area contributed by atoms with Gasteiger partial charge in [0.25, 0.3) is 0 Å². The predicted molar refractivity (Wildman–Crippen MR) is 73.3 cm³/mol. The summed E-state index contributed by atoms with van der Waals surface area (Å²) in [6.07, 6.45) is 2.32. The van der Waals surface area contributed by atoms with E-state index in [4.69, 9.17) is 10.8 Å². The van der Waals surface area contributed by atoms with Crippen molar-refractivity contribution in [3.63, 3.8) is 0 Å². The van der Waals surface area contributed by atoms with Crippen molar-refractivity contribution in [1.29, 1.82) is 0 Å². The van der Waals surface area contributed by atoms with Crippen LogP contribution >= 0.6 is 0 Å². The van der Waals surface area contributed by atoms with Crippen molar-refractivity contribution in [3.8, 4) is 0 Å². The number of hydrogen-bond acceptors (Lipinski definition) is 3. The van der Waals surface area contributed by atoms with E-state index < -0.39 is 0 Å². The number of aliphatic hydroxyl groups excluding tert-OH is 1. The highest BCUT2D eigenvalue weighted by atomic mass is 16.3. The molecule has 0 bridgehead atoms. The lowest BCUT2D eigenvalue weighted by Gasteiger charge is -2.24. The van der Waals surface area contributed by atoms with Crippen LogP contribution in [0.3, 0.4) is 0 Å². The van der Waals surface area contributed by atoms with Gasteiger partial charge in [0.05, 0.1) is 6.61 Å². The van der Waals surface area contributed by atoms with Crippen molar-refractivity contribution < 1.29 is 5.11 Å². The molecule has 0 fully saturated rings. The minimum absolute atomic E-state index is 0.196. The maximum Gasteiger partial charge on any atom is 0.0606 e. The molecule has 0 radical (unpaired) electrons. The first-order valence-corrected chi connectivity index (χ1v) is 6.38. The van der Waals surface area contributed by atoms with Crippen LogP contribution in [0.5, 0.6) is 0 Å². The molecule has 0 amide bonds. The molecule has 0 aliphatic heterocycles. The Labute approximate surface area is 104 Å². The number of nitrogens with two attached hydrogens (primary N) is 1. The van der Waals surface area contributed by atoms with E-state index in [9.17, 15) is 0 Å². The predicted octanol–water partition coefficient (Wildman–Crippen LogP) is 2.05. The van der Waals surface area contributed by atoms with E-state index in [1.165, 1.54) is 23.2 Å². The third-order valence-electron chi connectivity index (χ3n) is 3.06. The number of hydrogen-bond donors (Lipinski definition) is 2. The summed E-state index contributed by atoms with van der Waals surface area (Å²) in [5.41, 5.74) is 9.26. The van der Waals surface area contributed by atoms with Gasteiger partial charge in [-0.2, -0.15) is 0 Å². The van der Waals surface area contributed by atoms with Crippen molar-refractivity contribution >= 4 is 5.69 Å². The average molecular weight is 236 g/mol. The van der Waals surface area contributed by atoms with Gasteiger partial charge in [0.2, 0.25) is 0 Å². The van der Waals surface area contributed by atoms with Gasteiger partial charge in [0.15, 0.2) is 0 Å². The lowest BCUT2D eigenvalue weighted by atomic mass is 10.1. The van der Waals surface area contributed by atoms with Gasteiger partial charge in [-0.05, 0) is 36.6 Å². The fourth-order valence-corrected chi connectivity index (χ4v) is 1.95. The molecule has 0 spiro atoms. The standard InChI is InChI=1S/C14H24N2O/c1-3-4-7-16(8-9-17)14-6-5-13(11-15)12(2)10-14/h5-6,10,17H,3-4,7-9,11,15H2,1-2H3. The highest BCUT2D eigenvalue weighted by Gasteiger charge is 2.06. The van der Waals surface area contributed by atoms with Crippen molar-refractivity contribution in [2.75, 3.05) is 24.6 Å². The molecule has 1 aromatic rings. The van der Waals surface area contributed by atoms with E-state index >= 15 is 0 Å². The number of anilines is 1. The van der Waals surface area contributed by atoms with Crippen LogP contribution in [0, 0.1) is 6.92 Å². The van der Waals surface area contributed by atoms with Gasteiger partial charge >= 0.3 is 0 Å². The molecule has 1 aromatic carbocycles. The number of aryl methyl sites for hydroxylation is 1. The summed E-state index contributed by atoms with van der Waals surface area (Å²) < 4.78 is 0. The molecule has 0 saturated heterocycles. The molecule has 96 valence electrons.